The number of pyridine rings is 1. The van der Waals surface area contributed by atoms with E-state index in [9.17, 15) is 9.59 Å². The van der Waals surface area contributed by atoms with Crippen molar-refractivity contribution in [3.63, 3.8) is 0 Å². The summed E-state index contributed by atoms with van der Waals surface area (Å²) in [5.41, 5.74) is 0. The van der Waals surface area contributed by atoms with Gasteiger partial charge in [-0.05, 0) is 44.9 Å². The van der Waals surface area contributed by atoms with E-state index in [2.05, 4.69) is 21.8 Å². The predicted octanol–water partition coefficient (Wildman–Crippen LogP) is 1.31. The highest BCUT2D eigenvalue weighted by Crippen LogP contribution is 2.32. The number of amides is 2. The van der Waals surface area contributed by atoms with Crippen molar-refractivity contribution in [3.05, 3.63) is 24.4 Å². The van der Waals surface area contributed by atoms with Crippen molar-refractivity contribution in [2.75, 3.05) is 64.3 Å². The molecule has 7 nitrogen and oxygen atoms in total. The van der Waals surface area contributed by atoms with Crippen LogP contribution in [0.2, 0.25) is 0 Å². The minimum atomic E-state index is 0.0907. The summed E-state index contributed by atoms with van der Waals surface area (Å²) in [6.07, 6.45) is 5.23. The number of nitrogens with zero attached hydrogens (tertiary/aromatic N) is 5. The smallest absolute Gasteiger partial charge is 0.225 e. The first-order valence-corrected chi connectivity index (χ1v) is 11.0. The average Bonchev–Trinajstić information content (AvgIpc) is 2.79. The minimum absolute atomic E-state index is 0.0907. The molecule has 1 saturated carbocycles. The molecular formula is C22H33N5O2. The van der Waals surface area contributed by atoms with Crippen LogP contribution in [0.3, 0.4) is 0 Å². The summed E-state index contributed by atoms with van der Waals surface area (Å²) in [5.74, 6) is 1.79. The van der Waals surface area contributed by atoms with Gasteiger partial charge in [-0.1, -0.05) is 6.07 Å². The summed E-state index contributed by atoms with van der Waals surface area (Å²) in [5, 5.41) is 0. The van der Waals surface area contributed by atoms with Gasteiger partial charge in [0.1, 0.15) is 5.82 Å². The van der Waals surface area contributed by atoms with Gasteiger partial charge < -0.3 is 19.6 Å². The van der Waals surface area contributed by atoms with Crippen LogP contribution in [-0.4, -0.2) is 90.9 Å². The van der Waals surface area contributed by atoms with Crippen molar-refractivity contribution in [2.45, 2.75) is 25.7 Å². The highest BCUT2D eigenvalue weighted by Gasteiger charge is 2.35. The Bertz CT molecular complexity index is 688. The molecule has 3 aliphatic rings. The molecule has 2 aliphatic heterocycles. The Hall–Kier alpha value is -2.15. The fourth-order valence-corrected chi connectivity index (χ4v) is 4.83. The van der Waals surface area contributed by atoms with Crippen molar-refractivity contribution in [1.29, 1.82) is 0 Å². The number of piperazine rings is 2. The Morgan fingerprint density at radius 3 is 1.79 bits per heavy atom. The molecule has 0 bridgehead atoms. The molecule has 0 N–H and O–H groups in total. The van der Waals surface area contributed by atoms with Crippen LogP contribution >= 0.6 is 0 Å². The number of carbonyl (C=O) groups is 2. The maximum absolute atomic E-state index is 13.0. The van der Waals surface area contributed by atoms with E-state index in [-0.39, 0.29) is 17.7 Å². The average molecular weight is 400 g/mol. The molecule has 0 atom stereocenters. The highest BCUT2D eigenvalue weighted by atomic mass is 16.2. The van der Waals surface area contributed by atoms with Gasteiger partial charge in [-0.15, -0.1) is 0 Å². The fourth-order valence-electron chi connectivity index (χ4n) is 4.83. The van der Waals surface area contributed by atoms with Crippen LogP contribution in [-0.2, 0) is 9.59 Å². The zero-order valence-electron chi connectivity index (χ0n) is 17.5. The highest BCUT2D eigenvalue weighted by molar-refractivity contribution is 5.81. The second kappa shape index (κ2) is 9.11. The second-order valence-corrected chi connectivity index (χ2v) is 8.68. The molecule has 0 aromatic carbocycles. The first kappa shape index (κ1) is 20.1. The van der Waals surface area contributed by atoms with Gasteiger partial charge in [0.2, 0.25) is 11.8 Å². The first-order chi connectivity index (χ1) is 14.1. The van der Waals surface area contributed by atoms with Gasteiger partial charge in [-0.25, -0.2) is 4.98 Å². The lowest BCUT2D eigenvalue weighted by molar-refractivity contribution is -0.142. The van der Waals surface area contributed by atoms with Crippen molar-refractivity contribution in [3.8, 4) is 0 Å². The Morgan fingerprint density at radius 1 is 0.793 bits per heavy atom. The summed E-state index contributed by atoms with van der Waals surface area (Å²) in [6.45, 7) is 6.79. The van der Waals surface area contributed by atoms with E-state index < -0.39 is 0 Å². The third-order valence-electron chi connectivity index (χ3n) is 6.81. The van der Waals surface area contributed by atoms with E-state index in [4.69, 9.17) is 0 Å². The number of likely N-dealkylation sites (N-methyl/N-ethyl adjacent to an activating group) is 1. The monoisotopic (exact) mass is 399 g/mol. The van der Waals surface area contributed by atoms with Gasteiger partial charge >= 0.3 is 0 Å². The van der Waals surface area contributed by atoms with Crippen LogP contribution in [0.4, 0.5) is 5.82 Å². The van der Waals surface area contributed by atoms with Gasteiger partial charge in [0.25, 0.3) is 0 Å². The summed E-state index contributed by atoms with van der Waals surface area (Å²) in [4.78, 5) is 38.8. The first-order valence-electron chi connectivity index (χ1n) is 11.0. The van der Waals surface area contributed by atoms with E-state index in [0.717, 1.165) is 83.9 Å². The third kappa shape index (κ3) is 4.71. The predicted molar refractivity (Wildman–Crippen MR) is 113 cm³/mol. The van der Waals surface area contributed by atoms with E-state index in [1.807, 2.05) is 34.2 Å². The quantitative estimate of drug-likeness (QED) is 0.767. The molecule has 1 aromatic rings. The van der Waals surface area contributed by atoms with Gasteiger partial charge in [0.05, 0.1) is 0 Å². The van der Waals surface area contributed by atoms with Crippen LogP contribution in [0.15, 0.2) is 24.4 Å². The van der Waals surface area contributed by atoms with Crippen LogP contribution in [0.1, 0.15) is 25.7 Å². The normalized spacial score (nSPS) is 26.4. The Labute approximate surface area is 173 Å². The van der Waals surface area contributed by atoms with Gasteiger partial charge in [0, 0.05) is 70.4 Å². The van der Waals surface area contributed by atoms with E-state index in [1.165, 1.54) is 0 Å². The Kier molecular flexibility index (Phi) is 6.33. The van der Waals surface area contributed by atoms with E-state index in [0.29, 0.717) is 5.91 Å². The lowest BCUT2D eigenvalue weighted by Crippen LogP contribution is -2.51. The molecule has 158 valence electrons. The van der Waals surface area contributed by atoms with Crippen molar-refractivity contribution in [2.24, 2.45) is 11.8 Å². The summed E-state index contributed by atoms with van der Waals surface area (Å²) in [7, 11) is 2.11. The molecule has 3 heterocycles. The minimum Gasteiger partial charge on any atom is -0.353 e. The molecule has 0 spiro atoms. The van der Waals surface area contributed by atoms with Crippen LogP contribution < -0.4 is 4.90 Å². The number of hydrogen-bond donors (Lipinski definition) is 0. The number of rotatable bonds is 3. The van der Waals surface area contributed by atoms with Crippen LogP contribution in [0.25, 0.3) is 0 Å². The standard InChI is InChI=1S/C22H33N5O2/c1-24-10-12-26(13-11-24)21(28)18-5-7-19(8-6-18)22(29)27-16-14-25(15-17-27)20-4-2-3-9-23-20/h2-4,9,18-19H,5-8,10-17H2,1H3. The Morgan fingerprint density at radius 2 is 1.31 bits per heavy atom. The maximum Gasteiger partial charge on any atom is 0.225 e. The molecule has 0 radical (unpaired) electrons. The molecule has 29 heavy (non-hydrogen) atoms. The zero-order chi connectivity index (χ0) is 20.2. The van der Waals surface area contributed by atoms with Crippen LogP contribution in [0.5, 0.6) is 0 Å². The van der Waals surface area contributed by atoms with Crippen molar-refractivity contribution < 1.29 is 9.59 Å². The largest absolute Gasteiger partial charge is 0.353 e. The molecule has 1 aliphatic carbocycles. The third-order valence-corrected chi connectivity index (χ3v) is 6.81. The van der Waals surface area contributed by atoms with Gasteiger partial charge in [0.15, 0.2) is 0 Å². The van der Waals surface area contributed by atoms with Crippen molar-refractivity contribution >= 4 is 17.6 Å². The van der Waals surface area contributed by atoms with E-state index in [1.54, 1.807) is 0 Å². The lowest BCUT2D eigenvalue weighted by atomic mass is 9.80. The fraction of sp³-hybridized carbons (Fsp3) is 0.682. The summed E-state index contributed by atoms with van der Waals surface area (Å²) in [6, 6.07) is 5.95. The molecule has 1 aromatic heterocycles. The lowest BCUT2D eigenvalue weighted by Gasteiger charge is -2.39. The topological polar surface area (TPSA) is 60.0 Å². The SMILES string of the molecule is CN1CCN(C(=O)C2CCC(C(=O)N3CCN(c4ccccn4)CC3)CC2)CC1. The van der Waals surface area contributed by atoms with Gasteiger partial charge in [-0.3, -0.25) is 9.59 Å². The second-order valence-electron chi connectivity index (χ2n) is 8.68. The molecular weight excluding hydrogens is 366 g/mol. The molecule has 2 saturated heterocycles. The van der Waals surface area contributed by atoms with Crippen molar-refractivity contribution in [1.82, 2.24) is 19.7 Å². The molecule has 0 unspecified atom stereocenters. The number of carbonyl (C=O) groups excluding carboxylic acids is 2. The number of aromatic nitrogens is 1. The zero-order valence-corrected chi connectivity index (χ0v) is 17.5. The Balaban J connectivity index is 1.23. The molecule has 3 fully saturated rings. The van der Waals surface area contributed by atoms with E-state index >= 15 is 0 Å². The van der Waals surface area contributed by atoms with Gasteiger partial charge in [-0.2, -0.15) is 0 Å². The maximum atomic E-state index is 13.0. The number of hydrogen-bond acceptors (Lipinski definition) is 5. The molecule has 4 rings (SSSR count). The number of anilines is 1. The molecule has 2 amide bonds. The summed E-state index contributed by atoms with van der Waals surface area (Å²) >= 11 is 0. The summed E-state index contributed by atoms with van der Waals surface area (Å²) < 4.78 is 0. The van der Waals surface area contributed by atoms with Crippen LogP contribution in [0, 0.1) is 11.8 Å². The molecule has 7 heteroatoms.